The first-order valence-electron chi connectivity index (χ1n) is 20.2. The number of nitrogens with one attached hydrogen (secondary N) is 1. The van der Waals surface area contributed by atoms with E-state index >= 15 is 0 Å². The maximum absolute atomic E-state index is 5.60. The second kappa shape index (κ2) is 13.7. The number of hydrogen-bond donors (Lipinski definition) is 2. The molecular weight excluding hydrogens is 687 g/mol. The first-order valence-corrected chi connectivity index (χ1v) is 21.0. The highest BCUT2D eigenvalue weighted by Crippen LogP contribution is 2.44. The Morgan fingerprint density at radius 2 is 1.44 bits per heavy atom. The Morgan fingerprint density at radius 1 is 0.655 bits per heavy atom. The van der Waals surface area contributed by atoms with Crippen LogP contribution < -0.4 is 10.6 Å². The van der Waals surface area contributed by atoms with Crippen LogP contribution in [0.4, 0.5) is 0 Å². The lowest BCUT2D eigenvalue weighted by Crippen LogP contribution is -2.98. The van der Waals surface area contributed by atoms with E-state index in [0.29, 0.717) is 5.92 Å². The van der Waals surface area contributed by atoms with Crippen molar-refractivity contribution in [2.45, 2.75) is 57.3 Å². The van der Waals surface area contributed by atoms with Crippen LogP contribution in [-0.2, 0) is 0 Å². The number of benzene rings is 6. The van der Waals surface area contributed by atoms with Gasteiger partial charge in [0.2, 0.25) is 5.84 Å². The predicted molar refractivity (Wildman–Crippen MR) is 235 cm³/mol. The van der Waals surface area contributed by atoms with Gasteiger partial charge in [-0.05, 0) is 135 Å². The van der Waals surface area contributed by atoms with Crippen LogP contribution in [0.2, 0.25) is 0 Å². The van der Waals surface area contributed by atoms with Gasteiger partial charge < -0.3 is 0 Å². The molecule has 11 rings (SSSR count). The lowest BCUT2D eigenvalue weighted by molar-refractivity contribution is -0.583. The fraction of sp³-hybridized carbons (Fsp3) is 0.196. The molecule has 0 radical (unpaired) electrons. The molecule has 268 valence electrons. The Labute approximate surface area is 326 Å². The van der Waals surface area contributed by atoms with Crippen molar-refractivity contribution in [3.63, 3.8) is 0 Å². The molecule has 3 unspecified atom stereocenters. The van der Waals surface area contributed by atoms with Crippen molar-refractivity contribution in [1.82, 2.24) is 5.32 Å². The second-order valence-electron chi connectivity index (χ2n) is 15.7. The number of thiophene rings is 1. The molecule has 7 aromatic rings. The largest absolute Gasteiger partial charge is 0.279 e. The summed E-state index contributed by atoms with van der Waals surface area (Å²) in [4.78, 5) is 5.60. The average Bonchev–Trinajstić information content (AvgIpc) is 3.65. The second-order valence-corrected chi connectivity index (χ2v) is 16.8. The number of amidine groups is 1. The van der Waals surface area contributed by atoms with Crippen LogP contribution in [0.15, 0.2) is 167 Å². The maximum Gasteiger partial charge on any atom is 0.230 e. The van der Waals surface area contributed by atoms with E-state index in [1.807, 2.05) is 11.3 Å². The third-order valence-electron chi connectivity index (χ3n) is 12.4. The van der Waals surface area contributed by atoms with Crippen LogP contribution in [0, 0.1) is 5.92 Å². The first kappa shape index (κ1) is 33.0. The average molecular weight is 731 g/mol. The maximum atomic E-state index is 5.60. The minimum absolute atomic E-state index is 0.148. The van der Waals surface area contributed by atoms with Gasteiger partial charge in [-0.1, -0.05) is 115 Å². The van der Waals surface area contributed by atoms with Crippen molar-refractivity contribution >= 4 is 69.7 Å². The van der Waals surface area contributed by atoms with E-state index in [9.17, 15) is 0 Å². The van der Waals surface area contributed by atoms with Gasteiger partial charge in [0.05, 0.1) is 5.57 Å². The highest BCUT2D eigenvalue weighted by molar-refractivity contribution is 7.25. The minimum atomic E-state index is -0.192. The van der Waals surface area contributed by atoms with Gasteiger partial charge in [0.25, 0.3) is 0 Å². The Hall–Kier alpha value is -5.39. The molecule has 4 aliphatic rings. The highest BCUT2D eigenvalue weighted by Gasteiger charge is 2.33. The first-order chi connectivity index (χ1) is 27.2. The molecular formula is C51H44N3S+. The molecule has 0 saturated carbocycles. The van der Waals surface area contributed by atoms with Gasteiger partial charge in [0.15, 0.2) is 6.17 Å². The topological polar surface area (TPSA) is 41.0 Å². The van der Waals surface area contributed by atoms with Gasteiger partial charge in [-0.15, -0.1) is 11.3 Å². The summed E-state index contributed by atoms with van der Waals surface area (Å²) >= 11 is 1.88. The summed E-state index contributed by atoms with van der Waals surface area (Å²) in [5.74, 6) is 1.55. The Bertz CT molecular complexity index is 2880. The van der Waals surface area contributed by atoms with Crippen LogP contribution in [-0.4, -0.2) is 12.0 Å². The molecule has 0 bridgehead atoms. The molecule has 1 aromatic heterocycles. The highest BCUT2D eigenvalue weighted by atomic mass is 32.1. The van der Waals surface area contributed by atoms with E-state index in [1.54, 1.807) is 0 Å². The van der Waals surface area contributed by atoms with E-state index in [2.05, 4.69) is 156 Å². The van der Waals surface area contributed by atoms with E-state index in [-0.39, 0.29) is 12.3 Å². The lowest BCUT2D eigenvalue weighted by atomic mass is 9.86. The summed E-state index contributed by atoms with van der Waals surface area (Å²) in [5, 5.41) is 16.9. The van der Waals surface area contributed by atoms with Gasteiger partial charge in [-0.2, -0.15) is 0 Å². The number of fused-ring (bicyclic) bond motifs is 9. The van der Waals surface area contributed by atoms with Crippen LogP contribution in [0.25, 0.3) is 63.6 Å². The summed E-state index contributed by atoms with van der Waals surface area (Å²) in [5.41, 5.74) is 7.93. The fourth-order valence-corrected chi connectivity index (χ4v) is 10.7. The summed E-state index contributed by atoms with van der Waals surface area (Å²) in [6.07, 6.45) is 24.8. The van der Waals surface area contributed by atoms with Crippen LogP contribution in [0.5, 0.6) is 0 Å². The molecule has 3 nitrogen and oxygen atoms in total. The smallest absolute Gasteiger partial charge is 0.230 e. The number of nitrogens with zero attached hydrogens (tertiary/aromatic N) is 1. The van der Waals surface area contributed by atoms with Crippen LogP contribution >= 0.6 is 11.3 Å². The van der Waals surface area contributed by atoms with Gasteiger partial charge in [-0.25, -0.2) is 10.3 Å². The van der Waals surface area contributed by atoms with Crippen molar-refractivity contribution in [2.75, 3.05) is 0 Å². The molecule has 0 fully saturated rings. The Morgan fingerprint density at radius 3 is 2.22 bits per heavy atom. The number of hydrogen-bond acceptors (Lipinski definition) is 3. The summed E-state index contributed by atoms with van der Waals surface area (Å²) in [6.45, 7) is 0. The SMILES string of the molecule is C1=CC(C2C=CC(C3=NC(c4cc(-c5ccc6sc7ccccc7c6c5)c5c6ccccc6c6ccccc6c5c4)NC(C4=CCCCC4)[NH2+]3)=CC2)=CCC1. The van der Waals surface area contributed by atoms with Gasteiger partial charge in [0.1, 0.15) is 6.17 Å². The third kappa shape index (κ3) is 5.83. The Kier molecular flexibility index (Phi) is 8.23. The molecule has 3 N–H and O–H groups in total. The van der Waals surface area contributed by atoms with Crippen molar-refractivity contribution in [2.24, 2.45) is 10.9 Å². The third-order valence-corrected chi connectivity index (χ3v) is 13.5. The van der Waals surface area contributed by atoms with E-state index in [4.69, 9.17) is 4.99 Å². The molecule has 4 heteroatoms. The number of nitrogens with two attached hydrogens (primary N) is 1. The van der Waals surface area contributed by atoms with Crippen LogP contribution in [0.1, 0.15) is 56.7 Å². The molecule has 55 heavy (non-hydrogen) atoms. The Balaban J connectivity index is 1.11. The van der Waals surface area contributed by atoms with Gasteiger partial charge in [-0.3, -0.25) is 5.32 Å². The standard InChI is InChI=1S/C51H43N3S/c1-3-13-32(14-4-1)33-23-25-35(26-24-33)50-52-49(34-15-5-2-6-16-34)53-51(54-50)37-30-43(36-27-28-47-44(29-36)41-20-11-12-22-46(41)55-47)48-42-21-10-9-18-39(42)38-17-7-8-19-40(38)45(48)31-37/h3,7-15,17-23,25-31,33,49,51,53H,1-2,4-6,16,24H2,(H,52,54)/p+1. The zero-order valence-corrected chi connectivity index (χ0v) is 31.8. The van der Waals surface area contributed by atoms with Gasteiger partial charge >= 0.3 is 0 Å². The molecule has 0 amide bonds. The number of rotatable bonds is 5. The summed E-state index contributed by atoms with van der Waals surface area (Å²) < 4.78 is 2.66. The van der Waals surface area contributed by atoms with Crippen molar-refractivity contribution in [1.29, 1.82) is 0 Å². The number of aliphatic imine (C=N–C) groups is 1. The summed E-state index contributed by atoms with van der Waals surface area (Å²) in [6, 6.07) is 38.8. The zero-order valence-electron chi connectivity index (χ0n) is 31.0. The normalized spacial score (nSPS) is 21.6. The zero-order chi connectivity index (χ0) is 36.3. The van der Waals surface area contributed by atoms with Crippen molar-refractivity contribution < 1.29 is 5.32 Å². The van der Waals surface area contributed by atoms with Crippen molar-refractivity contribution in [3.05, 3.63) is 168 Å². The molecule has 3 atom stereocenters. The molecule has 6 aromatic carbocycles. The van der Waals surface area contributed by atoms with Crippen molar-refractivity contribution in [3.8, 4) is 11.1 Å². The molecule has 3 aliphatic carbocycles. The quantitative estimate of drug-likeness (QED) is 0.134. The van der Waals surface area contributed by atoms with E-state index in [0.717, 1.165) is 37.9 Å². The van der Waals surface area contributed by atoms with Crippen LogP contribution in [0.3, 0.4) is 0 Å². The number of quaternary nitrogens is 1. The number of allylic oxidation sites excluding steroid dienone is 7. The fourth-order valence-electron chi connectivity index (χ4n) is 9.60. The monoisotopic (exact) mass is 730 g/mol. The molecule has 1 aliphatic heterocycles. The van der Waals surface area contributed by atoms with Gasteiger partial charge in [0, 0.05) is 26.1 Å². The molecule has 0 saturated heterocycles. The van der Waals surface area contributed by atoms with E-state index < -0.39 is 0 Å². The molecule has 2 heterocycles. The molecule has 0 spiro atoms. The summed E-state index contributed by atoms with van der Waals surface area (Å²) in [7, 11) is 0. The minimum Gasteiger partial charge on any atom is -0.279 e. The predicted octanol–water partition coefficient (Wildman–Crippen LogP) is 12.4. The van der Waals surface area contributed by atoms with E-state index in [1.165, 1.54) is 98.7 Å². The lowest BCUT2D eigenvalue weighted by Gasteiger charge is -2.31.